The fourth-order valence-corrected chi connectivity index (χ4v) is 7.35. The van der Waals surface area contributed by atoms with E-state index in [2.05, 4.69) is 4.57 Å². The van der Waals surface area contributed by atoms with Crippen LogP contribution in [0.25, 0.3) is 17.0 Å². The molecule has 0 fully saturated rings. The van der Waals surface area contributed by atoms with Crippen molar-refractivity contribution in [2.24, 2.45) is 4.99 Å². The van der Waals surface area contributed by atoms with E-state index in [1.165, 1.54) is 11.3 Å². The van der Waals surface area contributed by atoms with E-state index >= 15 is 0 Å². The highest BCUT2D eigenvalue weighted by molar-refractivity contribution is 7.07. The van der Waals surface area contributed by atoms with Crippen molar-refractivity contribution in [2.75, 3.05) is 19.8 Å². The van der Waals surface area contributed by atoms with Gasteiger partial charge in [-0.2, -0.15) is 0 Å². The number of esters is 1. The lowest BCUT2D eigenvalue weighted by molar-refractivity contribution is -0.139. The van der Waals surface area contributed by atoms with Crippen LogP contribution in [0.3, 0.4) is 0 Å². The van der Waals surface area contributed by atoms with Crippen molar-refractivity contribution in [1.29, 1.82) is 0 Å². The van der Waals surface area contributed by atoms with E-state index in [0.717, 1.165) is 22.0 Å². The third kappa shape index (κ3) is 6.35. The summed E-state index contributed by atoms with van der Waals surface area (Å²) in [4.78, 5) is 33.0. The number of carbonyl (C=O) groups is 1. The third-order valence-electron chi connectivity index (χ3n) is 7.86. The van der Waals surface area contributed by atoms with Crippen LogP contribution in [-0.4, -0.2) is 34.9 Å². The van der Waals surface area contributed by atoms with Gasteiger partial charge in [0.25, 0.3) is 5.56 Å². The Labute approximate surface area is 285 Å². The maximum Gasteiger partial charge on any atom is 0.338 e. The lowest BCUT2D eigenvalue weighted by atomic mass is 9.95. The Morgan fingerprint density at radius 1 is 0.979 bits per heavy atom. The first-order valence-corrected chi connectivity index (χ1v) is 16.9. The molecule has 3 heterocycles. The molecule has 0 unspecified atom stereocenters. The van der Waals surface area contributed by atoms with Crippen LogP contribution in [0.5, 0.6) is 11.5 Å². The summed E-state index contributed by atoms with van der Waals surface area (Å²) in [5.41, 5.74) is 3.99. The molecule has 1 aliphatic rings. The third-order valence-corrected chi connectivity index (χ3v) is 9.43. The second-order valence-corrected chi connectivity index (χ2v) is 12.7. The SMILES string of the molecule is CCOC(=O)C1=C(C)N=c2s/c(=C\c3cn(Cc4ccc(Cl)cc4Cl)c4ccccc34)c(=O)n2[C@@H]1c1ccc(OCC)c(OCC)c1. The van der Waals surface area contributed by atoms with Crippen LogP contribution in [0.4, 0.5) is 0 Å². The molecule has 0 saturated heterocycles. The number of hydrogen-bond donors (Lipinski definition) is 0. The van der Waals surface area contributed by atoms with Crippen LogP contribution in [0.1, 0.15) is 50.4 Å². The molecule has 3 aromatic carbocycles. The molecular formula is C36H33Cl2N3O5S. The number of ether oxygens (including phenoxy) is 3. The van der Waals surface area contributed by atoms with Gasteiger partial charge >= 0.3 is 5.97 Å². The number of carbonyl (C=O) groups excluding carboxylic acids is 1. The standard InChI is InChI=1S/C36H33Cl2N3O5S/c1-5-44-29-15-13-22(16-30(29)45-6-2)33-32(35(43)46-7-3)21(4)39-36-41(33)34(42)31(47-36)17-24-20-40(28-11-9-8-10-26(24)28)19-23-12-14-25(37)18-27(23)38/h8-18,20,33H,5-7,19H2,1-4H3/b31-17-/t33-/m1/s1. The molecular weight excluding hydrogens is 657 g/mol. The number of para-hydroxylation sites is 1. The predicted molar refractivity (Wildman–Crippen MR) is 187 cm³/mol. The van der Waals surface area contributed by atoms with Crippen molar-refractivity contribution in [3.63, 3.8) is 0 Å². The highest BCUT2D eigenvalue weighted by Gasteiger charge is 2.34. The minimum atomic E-state index is -0.782. The number of halogens is 2. The van der Waals surface area contributed by atoms with Gasteiger partial charge in [-0.15, -0.1) is 0 Å². The minimum absolute atomic E-state index is 0.186. The summed E-state index contributed by atoms with van der Waals surface area (Å²) < 4.78 is 21.3. The number of benzene rings is 3. The molecule has 242 valence electrons. The Kier molecular flexibility index (Phi) is 9.59. The summed E-state index contributed by atoms with van der Waals surface area (Å²) >= 11 is 13.9. The molecule has 8 nitrogen and oxygen atoms in total. The van der Waals surface area contributed by atoms with E-state index in [-0.39, 0.29) is 12.2 Å². The van der Waals surface area contributed by atoms with Gasteiger partial charge in [0.15, 0.2) is 16.3 Å². The normalized spacial score (nSPS) is 14.7. The average Bonchev–Trinajstić information content (AvgIpc) is 3.55. The Hall–Kier alpha value is -4.31. The number of rotatable bonds is 10. The number of fused-ring (bicyclic) bond motifs is 2. The second-order valence-electron chi connectivity index (χ2n) is 10.8. The summed E-state index contributed by atoms with van der Waals surface area (Å²) in [7, 11) is 0. The Balaban J connectivity index is 1.51. The molecule has 0 amide bonds. The second kappa shape index (κ2) is 13.8. The fraction of sp³-hybridized carbons (Fsp3) is 0.250. The molecule has 0 radical (unpaired) electrons. The van der Waals surface area contributed by atoms with E-state index in [1.54, 1.807) is 30.5 Å². The van der Waals surface area contributed by atoms with E-state index in [9.17, 15) is 9.59 Å². The highest BCUT2D eigenvalue weighted by Crippen LogP contribution is 2.36. The smallest absolute Gasteiger partial charge is 0.338 e. The van der Waals surface area contributed by atoms with Crippen molar-refractivity contribution >= 4 is 57.5 Å². The maximum atomic E-state index is 14.3. The molecule has 1 aliphatic heterocycles. The number of thiazole rings is 1. The zero-order chi connectivity index (χ0) is 33.2. The summed E-state index contributed by atoms with van der Waals surface area (Å²) in [6.07, 6.45) is 3.90. The van der Waals surface area contributed by atoms with Gasteiger partial charge < -0.3 is 18.8 Å². The molecule has 0 spiro atoms. The average molecular weight is 691 g/mol. The quantitative estimate of drug-likeness (QED) is 0.149. The minimum Gasteiger partial charge on any atom is -0.490 e. The molecule has 0 bridgehead atoms. The molecule has 2 aromatic heterocycles. The van der Waals surface area contributed by atoms with E-state index < -0.39 is 12.0 Å². The van der Waals surface area contributed by atoms with E-state index in [0.29, 0.717) is 67.5 Å². The first kappa shape index (κ1) is 32.6. The number of hydrogen-bond acceptors (Lipinski definition) is 7. The van der Waals surface area contributed by atoms with Crippen molar-refractivity contribution in [3.05, 3.63) is 125 Å². The number of allylic oxidation sites excluding steroid dienone is 1. The molecule has 11 heteroatoms. The molecule has 0 N–H and O–H groups in total. The Morgan fingerprint density at radius 3 is 2.49 bits per heavy atom. The summed E-state index contributed by atoms with van der Waals surface area (Å²) in [6, 6.07) is 18.2. The van der Waals surface area contributed by atoms with Crippen molar-refractivity contribution in [3.8, 4) is 11.5 Å². The topological polar surface area (TPSA) is 84.1 Å². The molecule has 0 saturated carbocycles. The molecule has 47 heavy (non-hydrogen) atoms. The number of nitrogens with zero attached hydrogens (tertiary/aromatic N) is 3. The zero-order valence-electron chi connectivity index (χ0n) is 26.4. The summed E-state index contributed by atoms with van der Waals surface area (Å²) in [5.74, 6) is 0.587. The van der Waals surface area contributed by atoms with Gasteiger partial charge in [0.2, 0.25) is 0 Å². The first-order valence-electron chi connectivity index (χ1n) is 15.3. The zero-order valence-corrected chi connectivity index (χ0v) is 28.7. The van der Waals surface area contributed by atoms with E-state index in [1.807, 2.05) is 74.7 Å². The van der Waals surface area contributed by atoms with Gasteiger partial charge in [-0.05, 0) is 75.2 Å². The molecule has 1 atom stereocenters. The molecule has 5 aromatic rings. The Bertz CT molecular complexity index is 2220. The number of aromatic nitrogens is 2. The summed E-state index contributed by atoms with van der Waals surface area (Å²) in [5, 5.41) is 2.14. The predicted octanol–water partition coefficient (Wildman–Crippen LogP) is 6.91. The van der Waals surface area contributed by atoms with Gasteiger partial charge in [0.05, 0.1) is 41.7 Å². The van der Waals surface area contributed by atoms with Crippen molar-refractivity contribution in [2.45, 2.75) is 40.3 Å². The lowest BCUT2D eigenvalue weighted by Crippen LogP contribution is -2.40. The highest BCUT2D eigenvalue weighted by atomic mass is 35.5. The van der Waals surface area contributed by atoms with E-state index in [4.69, 9.17) is 42.4 Å². The van der Waals surface area contributed by atoms with Crippen LogP contribution in [0, 0.1) is 0 Å². The fourth-order valence-electron chi connectivity index (χ4n) is 5.84. The van der Waals surface area contributed by atoms with Gasteiger partial charge in [0, 0.05) is 39.3 Å². The van der Waals surface area contributed by atoms with Gasteiger partial charge in [-0.1, -0.05) is 64.9 Å². The van der Waals surface area contributed by atoms with Crippen LogP contribution in [0.2, 0.25) is 10.0 Å². The Morgan fingerprint density at radius 2 is 1.74 bits per heavy atom. The largest absolute Gasteiger partial charge is 0.490 e. The molecule has 0 aliphatic carbocycles. The monoisotopic (exact) mass is 689 g/mol. The van der Waals surface area contributed by atoms with Gasteiger partial charge in [-0.3, -0.25) is 9.36 Å². The summed E-state index contributed by atoms with van der Waals surface area (Å²) in [6.45, 7) is 8.90. The van der Waals surface area contributed by atoms with Gasteiger partial charge in [0.1, 0.15) is 0 Å². The first-order chi connectivity index (χ1) is 22.7. The van der Waals surface area contributed by atoms with Crippen LogP contribution in [-0.2, 0) is 16.1 Å². The maximum absolute atomic E-state index is 14.3. The van der Waals surface area contributed by atoms with Crippen LogP contribution < -0.4 is 24.4 Å². The van der Waals surface area contributed by atoms with Crippen molar-refractivity contribution < 1.29 is 19.0 Å². The van der Waals surface area contributed by atoms with Crippen molar-refractivity contribution in [1.82, 2.24) is 9.13 Å². The van der Waals surface area contributed by atoms with Crippen LogP contribution >= 0.6 is 34.5 Å². The lowest BCUT2D eigenvalue weighted by Gasteiger charge is -2.25. The van der Waals surface area contributed by atoms with Crippen LogP contribution in [0.15, 0.2) is 87.9 Å². The van der Waals surface area contributed by atoms with Gasteiger partial charge in [-0.25, -0.2) is 9.79 Å². The molecule has 6 rings (SSSR count).